The summed E-state index contributed by atoms with van der Waals surface area (Å²) in [6.07, 6.45) is 20.5. The molecule has 0 radical (unpaired) electrons. The number of unbranched alkanes of at least 4 members (excludes halogenated alkanes) is 13. The summed E-state index contributed by atoms with van der Waals surface area (Å²) in [5.41, 5.74) is 6.95. The van der Waals surface area contributed by atoms with E-state index < -0.39 is 26.6 Å². The van der Waals surface area contributed by atoms with Crippen LogP contribution in [0.1, 0.15) is 117 Å². The van der Waals surface area contributed by atoms with Crippen LogP contribution in [0.25, 0.3) is 11.2 Å². The summed E-state index contributed by atoms with van der Waals surface area (Å²) in [4.78, 5) is 24.2. The molecule has 2 heterocycles. The Morgan fingerprint density at radius 1 is 0.872 bits per heavy atom. The van der Waals surface area contributed by atoms with Crippen molar-refractivity contribution < 1.29 is 32.6 Å². The van der Waals surface area contributed by atoms with Gasteiger partial charge in [-0.05, 0) is 25.5 Å². The topological polar surface area (TPSA) is 150 Å². The summed E-state index contributed by atoms with van der Waals surface area (Å²) < 4.78 is 42.1. The number of fused-ring (bicyclic) bond motifs is 1. The second-order valence-corrected chi connectivity index (χ2v) is 16.9. The fraction of sp³-hybridized carbons (Fsp3) is 0.812. The van der Waals surface area contributed by atoms with Crippen molar-refractivity contribution in [3.8, 4) is 0 Å². The Bertz CT molecular complexity index is 1210. The van der Waals surface area contributed by atoms with E-state index in [1.807, 2.05) is 13.8 Å². The highest BCUT2D eigenvalue weighted by molar-refractivity contribution is 8.28. The van der Waals surface area contributed by atoms with Crippen molar-refractivity contribution in [3.05, 3.63) is 12.7 Å². The van der Waals surface area contributed by atoms with Gasteiger partial charge in [0, 0.05) is 5.75 Å². The number of nitrogens with two attached hydrogens (primary N) is 1. The number of carbonyl (C=O) groups excluding carboxylic acids is 1. The van der Waals surface area contributed by atoms with Gasteiger partial charge in [-0.15, -0.1) is 9.45 Å². The van der Waals surface area contributed by atoms with Gasteiger partial charge in [0.25, 0.3) is 0 Å². The zero-order chi connectivity index (χ0) is 34.2. The molecule has 2 N–H and O–H groups in total. The van der Waals surface area contributed by atoms with Crippen molar-refractivity contribution in [2.24, 2.45) is 0 Å². The van der Waals surface area contributed by atoms with Gasteiger partial charge in [-0.3, -0.25) is 9.09 Å². The molecule has 2 aromatic rings. The van der Waals surface area contributed by atoms with Crippen LogP contribution in [-0.4, -0.2) is 69.6 Å². The minimum atomic E-state index is -3.79. The predicted octanol–water partition coefficient (Wildman–Crippen LogP) is 8.08. The van der Waals surface area contributed by atoms with E-state index in [0.29, 0.717) is 29.9 Å². The first-order chi connectivity index (χ1) is 22.8. The summed E-state index contributed by atoms with van der Waals surface area (Å²) >= 11 is 5.67. The average molecular weight is 720 g/mol. The number of nitrogens with zero attached hydrogens (tertiary/aromatic N) is 4. The molecule has 0 aliphatic carbocycles. The highest BCUT2D eigenvalue weighted by atomic mass is 32.8. The SMILES string of the molecule is CCCCCCCCCCCCCCCCS(=S)CCO[P@](=O)(CO[C@H](C)Cn1cnc2c(N)ncnc21)OCOC(=O)OCCC. The number of aromatic nitrogens is 4. The van der Waals surface area contributed by atoms with Crippen LogP contribution in [0.15, 0.2) is 12.7 Å². The third-order valence-corrected chi connectivity index (χ3v) is 11.5. The normalized spacial score (nSPS) is 14.2. The van der Waals surface area contributed by atoms with E-state index in [-0.39, 0.29) is 34.8 Å². The molecule has 1 unspecified atom stereocenters. The average Bonchev–Trinajstić information content (AvgIpc) is 3.46. The number of carbonyl (C=O) groups is 1. The first-order valence-corrected chi connectivity index (χ1v) is 21.5. The third-order valence-electron chi connectivity index (χ3n) is 7.58. The summed E-state index contributed by atoms with van der Waals surface area (Å²) in [6, 6.07) is 0. The first-order valence-electron chi connectivity index (χ1n) is 17.3. The molecule has 0 saturated heterocycles. The number of nitrogen functional groups attached to an aromatic ring is 1. The number of ether oxygens (including phenoxy) is 3. The van der Waals surface area contributed by atoms with E-state index >= 15 is 0 Å². The predicted molar refractivity (Wildman–Crippen MR) is 192 cm³/mol. The molecule has 270 valence electrons. The molecule has 0 spiro atoms. The standard InChI is InChI=1S/C32H58N5O7PS2/c1-4-6-7-8-9-10-11-12-13-14-15-16-17-18-21-47(46)22-20-43-45(39,44-26-41-32(38)40-19-5-2)27-42-28(3)23-37-25-36-29-30(33)34-24-35-31(29)37/h24-25,28H,4-23,26-27H2,1-3H3,(H2,33,34,35)/t28-,45-,47?/m1/s1. The number of hydrogen-bond acceptors (Lipinski definition) is 12. The molecule has 0 aromatic carbocycles. The van der Waals surface area contributed by atoms with Gasteiger partial charge in [0.05, 0.1) is 32.2 Å². The molecule has 0 aliphatic heterocycles. The summed E-state index contributed by atoms with van der Waals surface area (Å²) in [5.74, 6) is 1.81. The van der Waals surface area contributed by atoms with Crippen LogP contribution in [0, 0.1) is 0 Å². The third kappa shape index (κ3) is 18.6. The zero-order valence-corrected chi connectivity index (χ0v) is 31.3. The van der Waals surface area contributed by atoms with Gasteiger partial charge in [0.2, 0.25) is 6.79 Å². The number of rotatable bonds is 29. The summed E-state index contributed by atoms with van der Waals surface area (Å²) in [7, 11) is -4.07. The molecule has 15 heteroatoms. The van der Waals surface area contributed by atoms with Crippen LogP contribution < -0.4 is 5.73 Å². The second-order valence-electron chi connectivity index (χ2n) is 11.8. The van der Waals surface area contributed by atoms with Gasteiger partial charge >= 0.3 is 13.8 Å². The van der Waals surface area contributed by atoms with Gasteiger partial charge in [-0.25, -0.2) is 19.7 Å². The van der Waals surface area contributed by atoms with Crippen molar-refractivity contribution in [1.29, 1.82) is 0 Å². The van der Waals surface area contributed by atoms with Gasteiger partial charge in [0.1, 0.15) is 18.2 Å². The fourth-order valence-corrected chi connectivity index (χ4v) is 7.83. The van der Waals surface area contributed by atoms with Crippen molar-refractivity contribution in [1.82, 2.24) is 19.5 Å². The minimum absolute atomic E-state index is 0.156. The Balaban J connectivity index is 1.68. The molecule has 47 heavy (non-hydrogen) atoms. The molecule has 3 atom stereocenters. The van der Waals surface area contributed by atoms with Gasteiger partial charge in [0.15, 0.2) is 11.5 Å². The Morgan fingerprint density at radius 3 is 2.15 bits per heavy atom. The highest BCUT2D eigenvalue weighted by Crippen LogP contribution is 2.48. The molecule has 2 aromatic heterocycles. The Kier molecular flexibility index (Phi) is 22.3. The Hall–Kier alpha value is -1.70. The smallest absolute Gasteiger partial charge is 0.434 e. The molecule has 0 bridgehead atoms. The lowest BCUT2D eigenvalue weighted by molar-refractivity contribution is -0.00757. The van der Waals surface area contributed by atoms with Crippen molar-refractivity contribution in [2.45, 2.75) is 130 Å². The molecule has 0 aliphatic rings. The molecular weight excluding hydrogens is 661 g/mol. The van der Waals surface area contributed by atoms with Crippen molar-refractivity contribution in [3.63, 3.8) is 0 Å². The maximum absolute atomic E-state index is 13.6. The maximum atomic E-state index is 13.6. The van der Waals surface area contributed by atoms with E-state index in [1.165, 1.54) is 89.8 Å². The monoisotopic (exact) mass is 719 g/mol. The Labute approximate surface area is 288 Å². The number of anilines is 1. The fourth-order valence-electron chi connectivity index (χ4n) is 4.90. The van der Waals surface area contributed by atoms with Crippen molar-refractivity contribution >= 4 is 51.4 Å². The van der Waals surface area contributed by atoms with E-state index in [2.05, 4.69) is 21.9 Å². The minimum Gasteiger partial charge on any atom is -0.434 e. The molecular formula is C32H58N5O7PS2. The lowest BCUT2D eigenvalue weighted by atomic mass is 10.0. The zero-order valence-electron chi connectivity index (χ0n) is 28.8. The van der Waals surface area contributed by atoms with Crippen LogP contribution in [-0.2, 0) is 55.0 Å². The molecule has 0 fully saturated rings. The van der Waals surface area contributed by atoms with Crippen LogP contribution in [0.5, 0.6) is 0 Å². The van der Waals surface area contributed by atoms with Crippen LogP contribution in [0.4, 0.5) is 10.6 Å². The highest BCUT2D eigenvalue weighted by Gasteiger charge is 2.28. The molecule has 2 rings (SSSR count). The molecule has 0 saturated carbocycles. The maximum Gasteiger partial charge on any atom is 0.510 e. The summed E-state index contributed by atoms with van der Waals surface area (Å²) in [6.45, 7) is 6.10. The van der Waals surface area contributed by atoms with E-state index in [9.17, 15) is 9.36 Å². The van der Waals surface area contributed by atoms with E-state index in [1.54, 1.807) is 10.9 Å². The van der Waals surface area contributed by atoms with Crippen LogP contribution in [0.3, 0.4) is 0 Å². The molecule has 0 amide bonds. The number of hydrogen-bond donors (Lipinski definition) is 1. The lowest BCUT2D eigenvalue weighted by Gasteiger charge is -2.21. The lowest BCUT2D eigenvalue weighted by Crippen LogP contribution is -2.19. The van der Waals surface area contributed by atoms with E-state index in [4.69, 9.17) is 40.2 Å². The summed E-state index contributed by atoms with van der Waals surface area (Å²) in [5, 5.41) is 0. The van der Waals surface area contributed by atoms with Crippen LogP contribution in [0.2, 0.25) is 0 Å². The largest absolute Gasteiger partial charge is 0.510 e. The quantitative estimate of drug-likeness (QED) is 0.0375. The van der Waals surface area contributed by atoms with E-state index in [0.717, 1.165) is 12.2 Å². The Morgan fingerprint density at radius 2 is 1.51 bits per heavy atom. The van der Waals surface area contributed by atoms with Gasteiger partial charge in [-0.2, -0.15) is 0 Å². The van der Waals surface area contributed by atoms with Crippen LogP contribution >= 0.6 is 7.60 Å². The van der Waals surface area contributed by atoms with Gasteiger partial charge in [-0.1, -0.05) is 109 Å². The van der Waals surface area contributed by atoms with Crippen molar-refractivity contribution in [2.75, 3.05) is 43.6 Å². The molecule has 12 nitrogen and oxygen atoms in total. The first kappa shape index (κ1) is 41.5. The second kappa shape index (κ2) is 25.3. The number of imidazole rings is 1. The van der Waals surface area contributed by atoms with Gasteiger partial charge < -0.3 is 29.0 Å².